The molecule has 0 spiro atoms. The molecule has 1 saturated heterocycles. The number of rotatable bonds is 6. The van der Waals surface area contributed by atoms with Crippen molar-refractivity contribution in [3.8, 4) is 17.2 Å². The summed E-state index contributed by atoms with van der Waals surface area (Å²) in [7, 11) is 3.13. The number of nitrogens with zero attached hydrogens (tertiary/aromatic N) is 1. The molecular formula is C21H27NO3. The van der Waals surface area contributed by atoms with E-state index in [0.29, 0.717) is 11.5 Å². The molecule has 0 amide bonds. The quantitative estimate of drug-likeness (QED) is 0.866. The van der Waals surface area contributed by atoms with Crippen molar-refractivity contribution in [2.45, 2.75) is 25.8 Å². The molecule has 1 aliphatic heterocycles. The number of hydrogen-bond donors (Lipinski definition) is 1. The molecule has 0 bridgehead atoms. The highest BCUT2D eigenvalue weighted by Crippen LogP contribution is 2.37. The first-order valence-electron chi connectivity index (χ1n) is 8.89. The molecule has 2 aromatic carbocycles. The van der Waals surface area contributed by atoms with Gasteiger partial charge in [-0.25, -0.2) is 0 Å². The van der Waals surface area contributed by atoms with Gasteiger partial charge in [0.15, 0.2) is 11.5 Å². The van der Waals surface area contributed by atoms with Gasteiger partial charge < -0.3 is 14.6 Å². The van der Waals surface area contributed by atoms with Gasteiger partial charge in [-0.2, -0.15) is 0 Å². The van der Waals surface area contributed by atoms with Gasteiger partial charge >= 0.3 is 0 Å². The normalized spacial score (nSPS) is 15.9. The van der Waals surface area contributed by atoms with Gasteiger partial charge in [-0.05, 0) is 61.5 Å². The molecule has 0 aromatic heterocycles. The Hall–Kier alpha value is -2.20. The smallest absolute Gasteiger partial charge is 0.200 e. The molecular weight excluding hydrogens is 314 g/mol. The van der Waals surface area contributed by atoms with Crippen molar-refractivity contribution < 1.29 is 14.6 Å². The highest BCUT2D eigenvalue weighted by molar-refractivity contribution is 5.52. The van der Waals surface area contributed by atoms with Gasteiger partial charge in [0, 0.05) is 6.54 Å². The minimum absolute atomic E-state index is 0.0651. The Morgan fingerprint density at radius 2 is 1.56 bits per heavy atom. The summed E-state index contributed by atoms with van der Waals surface area (Å²) in [5, 5.41) is 10.0. The van der Waals surface area contributed by atoms with Crippen LogP contribution in [0.15, 0.2) is 42.5 Å². The molecule has 0 radical (unpaired) electrons. The molecule has 1 aliphatic rings. The molecule has 0 atom stereocenters. The molecule has 0 aliphatic carbocycles. The Bertz CT molecular complexity index is 654. The van der Waals surface area contributed by atoms with E-state index in [1.165, 1.54) is 24.8 Å². The number of aromatic hydroxyl groups is 1. The maximum Gasteiger partial charge on any atom is 0.200 e. The van der Waals surface area contributed by atoms with E-state index in [-0.39, 0.29) is 5.75 Å². The van der Waals surface area contributed by atoms with Crippen molar-refractivity contribution in [1.82, 2.24) is 4.90 Å². The van der Waals surface area contributed by atoms with Gasteiger partial charge in [-0.15, -0.1) is 0 Å². The number of hydrogen-bond acceptors (Lipinski definition) is 4. The highest BCUT2D eigenvalue weighted by atomic mass is 16.5. The van der Waals surface area contributed by atoms with E-state index in [9.17, 15) is 5.11 Å². The summed E-state index contributed by atoms with van der Waals surface area (Å²) in [5.74, 6) is 1.76. The second-order valence-corrected chi connectivity index (χ2v) is 6.76. The third-order valence-corrected chi connectivity index (χ3v) is 5.02. The van der Waals surface area contributed by atoms with Crippen molar-refractivity contribution in [2.75, 3.05) is 27.3 Å². The summed E-state index contributed by atoms with van der Waals surface area (Å²) in [5.41, 5.74) is 2.54. The molecule has 3 rings (SSSR count). The van der Waals surface area contributed by atoms with Crippen molar-refractivity contribution in [2.24, 2.45) is 5.92 Å². The summed E-state index contributed by atoms with van der Waals surface area (Å²) in [6.07, 6.45) is 3.62. The minimum Gasteiger partial charge on any atom is -0.502 e. The van der Waals surface area contributed by atoms with Gasteiger partial charge in [0.25, 0.3) is 0 Å². The van der Waals surface area contributed by atoms with E-state index in [1.807, 2.05) is 12.1 Å². The SMILES string of the molecule is COc1cc(CN2CCC(Cc3ccccc3)CC2)cc(OC)c1O. The van der Waals surface area contributed by atoms with Crippen LogP contribution in [0.25, 0.3) is 0 Å². The van der Waals surface area contributed by atoms with E-state index in [0.717, 1.165) is 31.1 Å². The monoisotopic (exact) mass is 341 g/mol. The number of piperidine rings is 1. The Balaban J connectivity index is 1.57. The van der Waals surface area contributed by atoms with Gasteiger partial charge in [-0.1, -0.05) is 30.3 Å². The van der Waals surface area contributed by atoms with Crippen LogP contribution in [0.2, 0.25) is 0 Å². The van der Waals surface area contributed by atoms with Crippen LogP contribution in [0.3, 0.4) is 0 Å². The Kier molecular flexibility index (Phi) is 5.82. The minimum atomic E-state index is 0.0651. The van der Waals surface area contributed by atoms with Crippen LogP contribution >= 0.6 is 0 Å². The molecule has 0 unspecified atom stereocenters. The highest BCUT2D eigenvalue weighted by Gasteiger charge is 2.20. The molecule has 25 heavy (non-hydrogen) atoms. The van der Waals surface area contributed by atoms with E-state index in [2.05, 4.69) is 35.2 Å². The standard InChI is InChI=1S/C21H27NO3/c1-24-19-13-18(14-20(25-2)21(19)23)15-22-10-8-17(9-11-22)12-16-6-4-3-5-7-16/h3-7,13-14,17,23H,8-12,15H2,1-2H3. The first-order valence-corrected chi connectivity index (χ1v) is 8.89. The second-order valence-electron chi connectivity index (χ2n) is 6.76. The number of phenols is 1. The number of methoxy groups -OCH3 is 2. The lowest BCUT2D eigenvalue weighted by Gasteiger charge is -2.32. The first-order chi connectivity index (χ1) is 12.2. The topological polar surface area (TPSA) is 41.9 Å². The van der Waals surface area contributed by atoms with E-state index < -0.39 is 0 Å². The fraction of sp³-hybridized carbons (Fsp3) is 0.429. The van der Waals surface area contributed by atoms with Gasteiger partial charge in [0.1, 0.15) is 0 Å². The van der Waals surface area contributed by atoms with E-state index >= 15 is 0 Å². The molecule has 0 saturated carbocycles. The first kappa shape index (κ1) is 17.6. The lowest BCUT2D eigenvalue weighted by molar-refractivity contribution is 0.176. The van der Waals surface area contributed by atoms with Crippen LogP contribution in [0.4, 0.5) is 0 Å². The molecule has 1 N–H and O–H groups in total. The van der Waals surface area contributed by atoms with Crippen LogP contribution in [0.1, 0.15) is 24.0 Å². The number of ether oxygens (including phenoxy) is 2. The molecule has 4 heteroatoms. The third-order valence-electron chi connectivity index (χ3n) is 5.02. The number of benzene rings is 2. The predicted octanol–water partition coefficient (Wildman–Crippen LogP) is 3.86. The fourth-order valence-corrected chi connectivity index (χ4v) is 3.59. The maximum absolute atomic E-state index is 10.0. The molecule has 134 valence electrons. The lowest BCUT2D eigenvalue weighted by Crippen LogP contribution is -2.33. The summed E-state index contributed by atoms with van der Waals surface area (Å²) < 4.78 is 10.5. The zero-order valence-corrected chi connectivity index (χ0v) is 15.1. The van der Waals surface area contributed by atoms with Crippen molar-refractivity contribution in [1.29, 1.82) is 0 Å². The van der Waals surface area contributed by atoms with Crippen molar-refractivity contribution in [3.05, 3.63) is 53.6 Å². The van der Waals surface area contributed by atoms with E-state index in [4.69, 9.17) is 9.47 Å². The zero-order chi connectivity index (χ0) is 17.6. The van der Waals surface area contributed by atoms with Crippen molar-refractivity contribution in [3.63, 3.8) is 0 Å². The number of phenolic OH excluding ortho intramolecular Hbond substituents is 1. The number of likely N-dealkylation sites (tertiary alicyclic amines) is 1. The molecule has 1 heterocycles. The van der Waals surface area contributed by atoms with Crippen LogP contribution in [-0.4, -0.2) is 37.3 Å². The van der Waals surface area contributed by atoms with Crippen LogP contribution in [0.5, 0.6) is 17.2 Å². The van der Waals surface area contributed by atoms with Gasteiger partial charge in [-0.3, -0.25) is 4.90 Å². The van der Waals surface area contributed by atoms with Crippen LogP contribution in [0, 0.1) is 5.92 Å². The summed E-state index contributed by atoms with van der Waals surface area (Å²) in [6.45, 7) is 3.05. The molecule has 2 aromatic rings. The average molecular weight is 341 g/mol. The summed E-state index contributed by atoms with van der Waals surface area (Å²) in [6, 6.07) is 14.6. The Morgan fingerprint density at radius 1 is 0.960 bits per heavy atom. The molecule has 1 fully saturated rings. The van der Waals surface area contributed by atoms with Gasteiger partial charge in [0.05, 0.1) is 14.2 Å². The Labute approximate surface area is 150 Å². The maximum atomic E-state index is 10.0. The molecule has 4 nitrogen and oxygen atoms in total. The Morgan fingerprint density at radius 3 is 2.12 bits per heavy atom. The largest absolute Gasteiger partial charge is 0.502 e. The fourth-order valence-electron chi connectivity index (χ4n) is 3.59. The van der Waals surface area contributed by atoms with Gasteiger partial charge in [0.2, 0.25) is 5.75 Å². The average Bonchev–Trinajstić information content (AvgIpc) is 2.65. The van der Waals surface area contributed by atoms with Crippen LogP contribution < -0.4 is 9.47 Å². The zero-order valence-electron chi connectivity index (χ0n) is 15.1. The lowest BCUT2D eigenvalue weighted by atomic mass is 9.90. The van der Waals surface area contributed by atoms with Crippen molar-refractivity contribution >= 4 is 0 Å². The summed E-state index contributed by atoms with van der Waals surface area (Å²) >= 11 is 0. The van der Waals surface area contributed by atoms with E-state index in [1.54, 1.807) is 14.2 Å². The predicted molar refractivity (Wildman–Crippen MR) is 99.4 cm³/mol. The second kappa shape index (κ2) is 8.26. The summed E-state index contributed by atoms with van der Waals surface area (Å²) in [4.78, 5) is 2.47. The third kappa shape index (κ3) is 4.45. The van der Waals surface area contributed by atoms with Crippen LogP contribution in [-0.2, 0) is 13.0 Å².